The molecule has 3 saturated carbocycles. The number of benzene rings is 1. The topological polar surface area (TPSA) is 40.5 Å². The molecule has 0 bridgehead atoms. The van der Waals surface area contributed by atoms with Crippen LogP contribution in [0.2, 0.25) is 0 Å². The summed E-state index contributed by atoms with van der Waals surface area (Å²) in [5.41, 5.74) is 3.37. The molecule has 142 valence electrons. The molecular weight excluding hydrogens is 320 g/mol. The average Bonchev–Trinajstić information content (AvgIpc) is 2.91. The third-order valence-corrected chi connectivity index (χ3v) is 9.57. The van der Waals surface area contributed by atoms with Gasteiger partial charge >= 0.3 is 0 Å². The first kappa shape index (κ1) is 17.1. The van der Waals surface area contributed by atoms with E-state index in [1.165, 1.54) is 62.5 Å². The van der Waals surface area contributed by atoms with E-state index < -0.39 is 0 Å². The molecule has 26 heavy (non-hydrogen) atoms. The first-order chi connectivity index (χ1) is 12.5. The van der Waals surface area contributed by atoms with Gasteiger partial charge in [0.2, 0.25) is 0 Å². The number of aryl methyl sites for hydroxylation is 1. The molecule has 5 rings (SSSR count). The van der Waals surface area contributed by atoms with Gasteiger partial charge < -0.3 is 10.2 Å². The SMILES string of the molecule is C[C@H](O)[C@@]12CCCC[C@@H]1C[C@H]1[C@@H]3CCc4cc(O)ccc4[C@H]3CC[C@@]12C. The van der Waals surface area contributed by atoms with Gasteiger partial charge in [0.15, 0.2) is 0 Å². The van der Waals surface area contributed by atoms with Gasteiger partial charge in [0.05, 0.1) is 6.10 Å². The molecule has 1 aromatic rings. The van der Waals surface area contributed by atoms with Crippen molar-refractivity contribution in [3.63, 3.8) is 0 Å². The molecule has 1 aromatic carbocycles. The molecule has 3 fully saturated rings. The molecule has 2 nitrogen and oxygen atoms in total. The van der Waals surface area contributed by atoms with Gasteiger partial charge in [-0.2, -0.15) is 0 Å². The lowest BCUT2D eigenvalue weighted by Crippen LogP contribution is -2.53. The lowest BCUT2D eigenvalue weighted by molar-refractivity contribution is -0.124. The number of aliphatic hydroxyl groups excluding tert-OH is 1. The van der Waals surface area contributed by atoms with Crippen LogP contribution in [-0.4, -0.2) is 16.3 Å². The highest BCUT2D eigenvalue weighted by molar-refractivity contribution is 5.40. The van der Waals surface area contributed by atoms with Gasteiger partial charge in [0, 0.05) is 5.41 Å². The second-order valence-electron chi connectivity index (χ2n) is 10.1. The predicted octanol–water partition coefficient (Wildman–Crippen LogP) is 5.42. The molecule has 2 heteroatoms. The van der Waals surface area contributed by atoms with E-state index in [4.69, 9.17) is 0 Å². The summed E-state index contributed by atoms with van der Waals surface area (Å²) in [7, 11) is 0. The summed E-state index contributed by atoms with van der Waals surface area (Å²) >= 11 is 0. The Morgan fingerprint density at radius 3 is 2.77 bits per heavy atom. The standard InChI is InChI=1S/C24H34O2/c1-15(25)24-11-4-3-5-17(24)14-22-21-8-6-16-13-18(26)7-9-19(16)20(21)10-12-23(22,24)2/h7,9,13,15,17,20-22,25-26H,3-6,8,10-12,14H2,1-2H3/t15-,17+,20+,21+,22-,23-,24-/m0/s1. The van der Waals surface area contributed by atoms with Gasteiger partial charge in [-0.15, -0.1) is 0 Å². The van der Waals surface area contributed by atoms with E-state index in [9.17, 15) is 10.2 Å². The number of phenols is 1. The van der Waals surface area contributed by atoms with E-state index in [-0.39, 0.29) is 11.5 Å². The zero-order chi connectivity index (χ0) is 18.1. The average molecular weight is 355 g/mol. The molecule has 7 atom stereocenters. The Bertz CT molecular complexity index is 710. The molecule has 4 aliphatic carbocycles. The Morgan fingerprint density at radius 2 is 1.96 bits per heavy atom. The Morgan fingerprint density at radius 1 is 1.12 bits per heavy atom. The summed E-state index contributed by atoms with van der Waals surface area (Å²) in [5, 5.41) is 20.9. The molecule has 4 aliphatic rings. The van der Waals surface area contributed by atoms with Crippen LogP contribution in [0.5, 0.6) is 5.75 Å². The maximum absolute atomic E-state index is 11.0. The van der Waals surface area contributed by atoms with Gasteiger partial charge in [-0.1, -0.05) is 25.8 Å². The molecule has 0 unspecified atom stereocenters. The monoisotopic (exact) mass is 354 g/mol. The maximum Gasteiger partial charge on any atom is 0.115 e. The van der Waals surface area contributed by atoms with Gasteiger partial charge in [-0.05, 0) is 104 Å². The fourth-order valence-electron chi connectivity index (χ4n) is 8.59. The van der Waals surface area contributed by atoms with Gasteiger partial charge in [0.1, 0.15) is 5.75 Å². The summed E-state index contributed by atoms with van der Waals surface area (Å²) in [6.07, 6.45) is 11.3. The second kappa shape index (κ2) is 5.74. The number of aliphatic hydroxyl groups is 1. The predicted molar refractivity (Wildman–Crippen MR) is 104 cm³/mol. The van der Waals surface area contributed by atoms with Crippen LogP contribution in [0.15, 0.2) is 18.2 Å². The Hall–Kier alpha value is -1.02. The van der Waals surface area contributed by atoms with E-state index in [2.05, 4.69) is 19.9 Å². The lowest BCUT2D eigenvalue weighted by atomic mass is 9.47. The number of hydrogen-bond acceptors (Lipinski definition) is 2. The van der Waals surface area contributed by atoms with Gasteiger partial charge in [-0.25, -0.2) is 0 Å². The van der Waals surface area contributed by atoms with Crippen LogP contribution >= 0.6 is 0 Å². The van der Waals surface area contributed by atoms with E-state index in [0.29, 0.717) is 17.1 Å². The summed E-state index contributed by atoms with van der Waals surface area (Å²) < 4.78 is 0. The summed E-state index contributed by atoms with van der Waals surface area (Å²) in [6.45, 7) is 4.65. The van der Waals surface area contributed by atoms with Crippen molar-refractivity contribution in [2.75, 3.05) is 0 Å². The minimum Gasteiger partial charge on any atom is -0.508 e. The third-order valence-electron chi connectivity index (χ3n) is 9.57. The molecular formula is C24H34O2. The molecule has 0 spiro atoms. The van der Waals surface area contributed by atoms with Crippen LogP contribution < -0.4 is 0 Å². The van der Waals surface area contributed by atoms with Gasteiger partial charge in [-0.3, -0.25) is 0 Å². The van der Waals surface area contributed by atoms with Crippen molar-refractivity contribution in [1.82, 2.24) is 0 Å². The molecule has 0 radical (unpaired) electrons. The smallest absolute Gasteiger partial charge is 0.115 e. The Kier molecular flexibility index (Phi) is 3.77. The summed E-state index contributed by atoms with van der Waals surface area (Å²) in [5.74, 6) is 3.35. The molecule has 2 N–H and O–H groups in total. The largest absolute Gasteiger partial charge is 0.508 e. The van der Waals surface area contributed by atoms with Crippen LogP contribution in [-0.2, 0) is 6.42 Å². The zero-order valence-electron chi connectivity index (χ0n) is 16.4. The maximum atomic E-state index is 11.0. The van der Waals surface area contributed by atoms with Crippen LogP contribution in [0.1, 0.15) is 82.3 Å². The third kappa shape index (κ3) is 2.03. The van der Waals surface area contributed by atoms with E-state index >= 15 is 0 Å². The fraction of sp³-hybridized carbons (Fsp3) is 0.750. The van der Waals surface area contributed by atoms with Crippen LogP contribution in [0.25, 0.3) is 0 Å². The Labute approximate surface area is 158 Å². The fourth-order valence-corrected chi connectivity index (χ4v) is 8.59. The van der Waals surface area contributed by atoms with Crippen molar-refractivity contribution in [2.24, 2.45) is 28.6 Å². The molecule has 0 saturated heterocycles. The number of aromatic hydroxyl groups is 1. The number of hydrogen-bond donors (Lipinski definition) is 2. The van der Waals surface area contributed by atoms with Crippen LogP contribution in [0, 0.1) is 28.6 Å². The highest BCUT2D eigenvalue weighted by Gasteiger charge is 2.67. The normalized spacial score (nSPS) is 45.2. The number of phenolic OH excluding ortho intramolecular Hbond substituents is 1. The van der Waals surface area contributed by atoms with Crippen molar-refractivity contribution in [1.29, 1.82) is 0 Å². The highest BCUT2D eigenvalue weighted by atomic mass is 16.3. The Balaban J connectivity index is 1.55. The van der Waals surface area contributed by atoms with Gasteiger partial charge in [0.25, 0.3) is 0 Å². The van der Waals surface area contributed by atoms with E-state index in [1.54, 1.807) is 0 Å². The van der Waals surface area contributed by atoms with Crippen molar-refractivity contribution in [3.8, 4) is 5.75 Å². The van der Waals surface area contributed by atoms with Crippen molar-refractivity contribution in [3.05, 3.63) is 29.3 Å². The minimum atomic E-state index is -0.174. The van der Waals surface area contributed by atoms with Crippen molar-refractivity contribution >= 4 is 0 Å². The van der Waals surface area contributed by atoms with Crippen molar-refractivity contribution < 1.29 is 10.2 Å². The summed E-state index contributed by atoms with van der Waals surface area (Å²) in [4.78, 5) is 0. The zero-order valence-corrected chi connectivity index (χ0v) is 16.4. The molecule has 0 aliphatic heterocycles. The number of fused-ring (bicyclic) bond motifs is 7. The number of rotatable bonds is 1. The molecule has 0 aromatic heterocycles. The van der Waals surface area contributed by atoms with E-state index in [1.807, 2.05) is 12.1 Å². The van der Waals surface area contributed by atoms with E-state index in [0.717, 1.165) is 24.2 Å². The summed E-state index contributed by atoms with van der Waals surface area (Å²) in [6, 6.07) is 6.10. The quantitative estimate of drug-likeness (QED) is 0.707. The minimum absolute atomic E-state index is 0.163. The molecule has 0 amide bonds. The lowest BCUT2D eigenvalue weighted by Gasteiger charge is -2.58. The molecule has 0 heterocycles. The van der Waals surface area contributed by atoms with Crippen LogP contribution in [0.3, 0.4) is 0 Å². The first-order valence-electron chi connectivity index (χ1n) is 11.0. The van der Waals surface area contributed by atoms with Crippen molar-refractivity contribution in [2.45, 2.75) is 83.7 Å². The highest BCUT2D eigenvalue weighted by Crippen LogP contribution is 2.73. The second-order valence-corrected chi connectivity index (χ2v) is 10.1. The van der Waals surface area contributed by atoms with Crippen LogP contribution in [0.4, 0.5) is 0 Å². The first-order valence-corrected chi connectivity index (χ1v) is 11.0.